The molecule has 1 aliphatic rings. The van der Waals surface area contributed by atoms with Crippen molar-refractivity contribution in [3.63, 3.8) is 0 Å². The zero-order valence-electron chi connectivity index (χ0n) is 15.0. The highest BCUT2D eigenvalue weighted by molar-refractivity contribution is 5.92. The Balaban J connectivity index is 1.81. The van der Waals surface area contributed by atoms with Gasteiger partial charge in [0.1, 0.15) is 0 Å². The van der Waals surface area contributed by atoms with E-state index in [0.29, 0.717) is 6.54 Å². The molecule has 2 aromatic rings. The molecule has 1 heterocycles. The summed E-state index contributed by atoms with van der Waals surface area (Å²) in [5, 5.41) is 3.00. The second-order valence-electron chi connectivity index (χ2n) is 6.75. The molecule has 0 bridgehead atoms. The molecule has 4 nitrogen and oxygen atoms in total. The first-order valence-electron chi connectivity index (χ1n) is 8.68. The molecule has 2 aromatic carbocycles. The number of nitrogens with one attached hydrogen (secondary N) is 1. The van der Waals surface area contributed by atoms with Gasteiger partial charge in [0.15, 0.2) is 0 Å². The molecular weight excluding hydrogens is 312 g/mol. The summed E-state index contributed by atoms with van der Waals surface area (Å²) in [4.78, 5) is 26.5. The van der Waals surface area contributed by atoms with Crippen LogP contribution in [0.3, 0.4) is 0 Å². The second kappa shape index (κ2) is 7.09. The van der Waals surface area contributed by atoms with Gasteiger partial charge in [-0.05, 0) is 43.0 Å². The van der Waals surface area contributed by atoms with Gasteiger partial charge < -0.3 is 10.2 Å². The van der Waals surface area contributed by atoms with E-state index in [1.54, 1.807) is 6.92 Å². The van der Waals surface area contributed by atoms with Gasteiger partial charge in [-0.2, -0.15) is 0 Å². The Kier molecular flexibility index (Phi) is 4.88. The molecule has 3 rings (SSSR count). The van der Waals surface area contributed by atoms with Crippen molar-refractivity contribution in [2.24, 2.45) is 0 Å². The number of hydrogen-bond acceptors (Lipinski definition) is 2. The molecule has 0 aromatic heterocycles. The van der Waals surface area contributed by atoms with Gasteiger partial charge >= 0.3 is 0 Å². The van der Waals surface area contributed by atoms with Crippen LogP contribution in [0, 0.1) is 13.8 Å². The predicted octanol–water partition coefficient (Wildman–Crippen LogP) is 3.78. The van der Waals surface area contributed by atoms with Crippen LogP contribution in [0.2, 0.25) is 0 Å². The van der Waals surface area contributed by atoms with Gasteiger partial charge in [-0.1, -0.05) is 42.0 Å². The first kappa shape index (κ1) is 17.2. The molecule has 0 radical (unpaired) electrons. The molecule has 0 fully saturated rings. The van der Waals surface area contributed by atoms with Gasteiger partial charge in [0.2, 0.25) is 11.8 Å². The topological polar surface area (TPSA) is 49.4 Å². The minimum Gasteiger partial charge on any atom is -0.335 e. The SMILES string of the molecule is CC(=O)N1CCc2ccccc2C1CC(=O)Nc1ccc(C)cc1C. The van der Waals surface area contributed by atoms with Crippen molar-refractivity contribution in [1.82, 2.24) is 4.90 Å². The average Bonchev–Trinajstić information content (AvgIpc) is 2.57. The van der Waals surface area contributed by atoms with Gasteiger partial charge in [0.05, 0.1) is 12.5 Å². The van der Waals surface area contributed by atoms with Crippen LogP contribution in [-0.4, -0.2) is 23.3 Å². The molecule has 0 spiro atoms. The van der Waals surface area contributed by atoms with E-state index in [2.05, 4.69) is 11.4 Å². The van der Waals surface area contributed by atoms with Crippen molar-refractivity contribution in [3.05, 3.63) is 64.7 Å². The highest BCUT2D eigenvalue weighted by Gasteiger charge is 2.30. The summed E-state index contributed by atoms with van der Waals surface area (Å²) in [5.74, 6) is -0.0567. The molecule has 2 amide bonds. The first-order chi connectivity index (χ1) is 12.0. The van der Waals surface area contributed by atoms with Gasteiger partial charge in [0, 0.05) is 19.2 Å². The van der Waals surface area contributed by atoms with E-state index >= 15 is 0 Å². The number of benzene rings is 2. The second-order valence-corrected chi connectivity index (χ2v) is 6.75. The summed E-state index contributed by atoms with van der Waals surface area (Å²) in [7, 11) is 0. The molecule has 1 atom stereocenters. The normalized spacial score (nSPS) is 16.3. The first-order valence-corrected chi connectivity index (χ1v) is 8.68. The summed E-state index contributed by atoms with van der Waals surface area (Å²) in [5.41, 5.74) is 5.35. The Morgan fingerprint density at radius 3 is 2.64 bits per heavy atom. The van der Waals surface area contributed by atoms with E-state index in [4.69, 9.17) is 0 Å². The van der Waals surface area contributed by atoms with E-state index in [-0.39, 0.29) is 24.3 Å². The monoisotopic (exact) mass is 336 g/mol. The largest absolute Gasteiger partial charge is 0.335 e. The number of fused-ring (bicyclic) bond motifs is 1. The van der Waals surface area contributed by atoms with Crippen LogP contribution in [0.5, 0.6) is 0 Å². The lowest BCUT2D eigenvalue weighted by Crippen LogP contribution is -2.40. The van der Waals surface area contributed by atoms with Crippen LogP contribution in [0.25, 0.3) is 0 Å². The molecule has 1 aliphatic heterocycles. The van der Waals surface area contributed by atoms with Crippen LogP contribution in [0.15, 0.2) is 42.5 Å². The van der Waals surface area contributed by atoms with Gasteiger partial charge in [-0.3, -0.25) is 9.59 Å². The molecule has 0 saturated heterocycles. The summed E-state index contributed by atoms with van der Waals surface area (Å²) < 4.78 is 0. The van der Waals surface area contributed by atoms with Crippen LogP contribution in [0.1, 0.15) is 41.6 Å². The summed E-state index contributed by atoms with van der Waals surface area (Å²) in [6.07, 6.45) is 1.11. The lowest BCUT2D eigenvalue weighted by molar-refractivity contribution is -0.132. The maximum absolute atomic E-state index is 12.6. The number of amides is 2. The third kappa shape index (κ3) is 3.73. The number of hydrogen-bond donors (Lipinski definition) is 1. The summed E-state index contributed by atoms with van der Waals surface area (Å²) >= 11 is 0. The molecule has 1 unspecified atom stereocenters. The lowest BCUT2D eigenvalue weighted by atomic mass is 9.90. The zero-order valence-corrected chi connectivity index (χ0v) is 15.0. The fraction of sp³-hybridized carbons (Fsp3) is 0.333. The van der Waals surface area contributed by atoms with Gasteiger partial charge in [0.25, 0.3) is 0 Å². The van der Waals surface area contributed by atoms with Crippen molar-refractivity contribution < 1.29 is 9.59 Å². The smallest absolute Gasteiger partial charge is 0.226 e. The fourth-order valence-corrected chi connectivity index (χ4v) is 3.58. The highest BCUT2D eigenvalue weighted by Crippen LogP contribution is 2.32. The van der Waals surface area contributed by atoms with Crippen LogP contribution in [0.4, 0.5) is 5.69 Å². The maximum atomic E-state index is 12.6. The van der Waals surface area contributed by atoms with Crippen molar-refractivity contribution in [3.8, 4) is 0 Å². The van der Waals surface area contributed by atoms with E-state index in [1.807, 2.05) is 55.1 Å². The molecule has 1 N–H and O–H groups in total. The number of aryl methyl sites for hydroxylation is 2. The van der Waals surface area contributed by atoms with Crippen molar-refractivity contribution in [2.75, 3.05) is 11.9 Å². The van der Waals surface area contributed by atoms with E-state index < -0.39 is 0 Å². The summed E-state index contributed by atoms with van der Waals surface area (Å²) in [6.45, 7) is 6.25. The minimum atomic E-state index is -0.201. The number of nitrogens with zero attached hydrogens (tertiary/aromatic N) is 1. The number of carbonyl (C=O) groups is 2. The quantitative estimate of drug-likeness (QED) is 0.927. The van der Waals surface area contributed by atoms with Crippen molar-refractivity contribution in [1.29, 1.82) is 0 Å². The van der Waals surface area contributed by atoms with Crippen LogP contribution >= 0.6 is 0 Å². The fourth-order valence-electron chi connectivity index (χ4n) is 3.58. The number of rotatable bonds is 3. The molecular formula is C21H24N2O2. The molecule has 25 heavy (non-hydrogen) atoms. The minimum absolute atomic E-state index is 0.0128. The zero-order chi connectivity index (χ0) is 18.0. The summed E-state index contributed by atoms with van der Waals surface area (Å²) in [6, 6.07) is 13.9. The van der Waals surface area contributed by atoms with Crippen LogP contribution < -0.4 is 5.32 Å². The van der Waals surface area contributed by atoms with Crippen molar-refractivity contribution in [2.45, 2.75) is 39.7 Å². The van der Waals surface area contributed by atoms with E-state index in [9.17, 15) is 9.59 Å². The van der Waals surface area contributed by atoms with Gasteiger partial charge in [-0.15, -0.1) is 0 Å². The molecule has 0 aliphatic carbocycles. The Hall–Kier alpha value is -2.62. The van der Waals surface area contributed by atoms with E-state index in [0.717, 1.165) is 23.2 Å². The highest BCUT2D eigenvalue weighted by atomic mass is 16.2. The molecule has 4 heteroatoms. The third-order valence-electron chi connectivity index (χ3n) is 4.85. The predicted molar refractivity (Wildman–Crippen MR) is 99.4 cm³/mol. The lowest BCUT2D eigenvalue weighted by Gasteiger charge is -2.36. The van der Waals surface area contributed by atoms with E-state index in [1.165, 1.54) is 11.1 Å². The Labute approximate surface area is 148 Å². The van der Waals surface area contributed by atoms with Gasteiger partial charge in [-0.25, -0.2) is 0 Å². The number of carbonyl (C=O) groups excluding carboxylic acids is 2. The third-order valence-corrected chi connectivity index (χ3v) is 4.85. The number of anilines is 1. The molecule has 0 saturated carbocycles. The maximum Gasteiger partial charge on any atom is 0.226 e. The average molecular weight is 336 g/mol. The Morgan fingerprint density at radius 1 is 1.16 bits per heavy atom. The van der Waals surface area contributed by atoms with Crippen molar-refractivity contribution >= 4 is 17.5 Å². The molecule has 130 valence electrons. The standard InChI is InChI=1S/C21H24N2O2/c1-14-8-9-19(15(2)12-14)22-21(25)13-20-18-7-5-4-6-17(18)10-11-23(20)16(3)24/h4-9,12,20H,10-11,13H2,1-3H3,(H,22,25). The van der Waals surface area contributed by atoms with Crippen LogP contribution in [-0.2, 0) is 16.0 Å². The Bertz CT molecular complexity index is 813. The Morgan fingerprint density at radius 2 is 1.92 bits per heavy atom.